The summed E-state index contributed by atoms with van der Waals surface area (Å²) in [7, 11) is 0. The van der Waals surface area contributed by atoms with E-state index in [0.29, 0.717) is 13.1 Å². The summed E-state index contributed by atoms with van der Waals surface area (Å²) in [5.74, 6) is -0.104. The first kappa shape index (κ1) is 11.8. The SMILES string of the molecule is O=C1CN(C(=O)Cn2ccc3ccccc32)CCN1. The van der Waals surface area contributed by atoms with Crippen molar-refractivity contribution in [3.8, 4) is 0 Å². The van der Waals surface area contributed by atoms with Crippen molar-refractivity contribution in [2.24, 2.45) is 0 Å². The van der Waals surface area contributed by atoms with Gasteiger partial charge in [-0.1, -0.05) is 18.2 Å². The number of hydrogen-bond donors (Lipinski definition) is 1. The Bertz CT molecular complexity index is 632. The van der Waals surface area contributed by atoms with Crippen molar-refractivity contribution >= 4 is 22.7 Å². The van der Waals surface area contributed by atoms with E-state index in [4.69, 9.17) is 0 Å². The topological polar surface area (TPSA) is 54.3 Å². The molecule has 1 aliphatic rings. The molecule has 98 valence electrons. The number of carbonyl (C=O) groups excluding carboxylic acids is 2. The molecule has 1 aliphatic heterocycles. The van der Waals surface area contributed by atoms with Crippen LogP contribution in [0.1, 0.15) is 0 Å². The molecule has 0 unspecified atom stereocenters. The van der Waals surface area contributed by atoms with Gasteiger partial charge in [-0.2, -0.15) is 0 Å². The molecule has 0 atom stereocenters. The van der Waals surface area contributed by atoms with E-state index in [1.807, 2.05) is 41.1 Å². The Labute approximate surface area is 110 Å². The molecular formula is C14H15N3O2. The third-order valence-electron chi connectivity index (χ3n) is 3.38. The Morgan fingerprint density at radius 3 is 2.95 bits per heavy atom. The summed E-state index contributed by atoms with van der Waals surface area (Å²) in [6.07, 6.45) is 1.91. The largest absolute Gasteiger partial charge is 0.353 e. The van der Waals surface area contributed by atoms with Crippen molar-refractivity contribution in [2.45, 2.75) is 6.54 Å². The van der Waals surface area contributed by atoms with Crippen LogP contribution < -0.4 is 5.32 Å². The Hall–Kier alpha value is -2.30. The number of aromatic nitrogens is 1. The molecule has 2 amide bonds. The maximum absolute atomic E-state index is 12.2. The van der Waals surface area contributed by atoms with E-state index in [1.54, 1.807) is 4.90 Å². The van der Waals surface area contributed by atoms with Crippen LogP contribution in [0.15, 0.2) is 36.5 Å². The second kappa shape index (κ2) is 4.76. The van der Waals surface area contributed by atoms with Crippen LogP contribution in [-0.4, -0.2) is 40.9 Å². The Morgan fingerprint density at radius 2 is 2.11 bits per heavy atom. The molecule has 3 rings (SSSR count). The van der Waals surface area contributed by atoms with Crippen molar-refractivity contribution in [2.75, 3.05) is 19.6 Å². The summed E-state index contributed by atoms with van der Waals surface area (Å²) in [4.78, 5) is 25.1. The molecule has 0 bridgehead atoms. The van der Waals surface area contributed by atoms with Crippen LogP contribution in [0.4, 0.5) is 0 Å². The molecule has 1 saturated heterocycles. The monoisotopic (exact) mass is 257 g/mol. The first-order valence-electron chi connectivity index (χ1n) is 6.32. The summed E-state index contributed by atoms with van der Waals surface area (Å²) in [5, 5.41) is 3.83. The molecular weight excluding hydrogens is 242 g/mol. The van der Waals surface area contributed by atoms with Gasteiger partial charge in [0.15, 0.2) is 0 Å². The third kappa shape index (κ3) is 2.31. The molecule has 1 fully saturated rings. The zero-order chi connectivity index (χ0) is 13.2. The van der Waals surface area contributed by atoms with Crippen LogP contribution in [0.2, 0.25) is 0 Å². The van der Waals surface area contributed by atoms with E-state index in [9.17, 15) is 9.59 Å². The maximum atomic E-state index is 12.2. The van der Waals surface area contributed by atoms with E-state index in [2.05, 4.69) is 5.32 Å². The smallest absolute Gasteiger partial charge is 0.243 e. The van der Waals surface area contributed by atoms with Crippen molar-refractivity contribution < 1.29 is 9.59 Å². The number of carbonyl (C=O) groups is 2. The zero-order valence-electron chi connectivity index (χ0n) is 10.5. The normalized spacial score (nSPS) is 15.6. The van der Waals surface area contributed by atoms with Crippen LogP contribution in [0, 0.1) is 0 Å². The van der Waals surface area contributed by atoms with Gasteiger partial charge in [-0.3, -0.25) is 9.59 Å². The molecule has 5 heteroatoms. The van der Waals surface area contributed by atoms with Crippen LogP contribution in [0.25, 0.3) is 10.9 Å². The van der Waals surface area contributed by atoms with Gasteiger partial charge in [0.2, 0.25) is 11.8 Å². The molecule has 0 saturated carbocycles. The van der Waals surface area contributed by atoms with Crippen molar-refractivity contribution in [3.63, 3.8) is 0 Å². The fraction of sp³-hybridized carbons (Fsp3) is 0.286. The van der Waals surface area contributed by atoms with Gasteiger partial charge >= 0.3 is 0 Å². The minimum atomic E-state index is -0.0861. The average molecular weight is 257 g/mol. The molecule has 0 spiro atoms. The van der Waals surface area contributed by atoms with Gasteiger partial charge in [0.05, 0.1) is 6.54 Å². The van der Waals surface area contributed by atoms with Gasteiger partial charge in [0.1, 0.15) is 6.54 Å². The predicted molar refractivity (Wildman–Crippen MR) is 71.5 cm³/mol. The number of piperazine rings is 1. The molecule has 5 nitrogen and oxygen atoms in total. The van der Waals surface area contributed by atoms with Gasteiger partial charge in [-0.25, -0.2) is 0 Å². The van der Waals surface area contributed by atoms with Gasteiger partial charge in [0, 0.05) is 24.8 Å². The Morgan fingerprint density at radius 1 is 1.26 bits per heavy atom. The molecule has 0 radical (unpaired) electrons. The lowest BCUT2D eigenvalue weighted by atomic mass is 10.2. The second-order valence-electron chi connectivity index (χ2n) is 4.67. The van der Waals surface area contributed by atoms with Crippen LogP contribution in [-0.2, 0) is 16.1 Å². The zero-order valence-corrected chi connectivity index (χ0v) is 10.5. The number of benzene rings is 1. The van der Waals surface area contributed by atoms with Crippen molar-refractivity contribution in [1.82, 2.24) is 14.8 Å². The van der Waals surface area contributed by atoms with E-state index < -0.39 is 0 Å². The number of amides is 2. The highest BCUT2D eigenvalue weighted by Gasteiger charge is 2.21. The highest BCUT2D eigenvalue weighted by atomic mass is 16.2. The van der Waals surface area contributed by atoms with Crippen LogP contribution in [0.3, 0.4) is 0 Å². The first-order chi connectivity index (χ1) is 9.24. The minimum Gasteiger partial charge on any atom is -0.353 e. The fourth-order valence-electron chi connectivity index (χ4n) is 2.38. The molecule has 2 heterocycles. The summed E-state index contributed by atoms with van der Waals surface area (Å²) in [6, 6.07) is 9.93. The lowest BCUT2D eigenvalue weighted by Crippen LogP contribution is -2.50. The number of hydrogen-bond acceptors (Lipinski definition) is 2. The lowest BCUT2D eigenvalue weighted by molar-refractivity contribution is -0.138. The summed E-state index contributed by atoms with van der Waals surface area (Å²) in [5.41, 5.74) is 1.04. The number of nitrogens with one attached hydrogen (secondary N) is 1. The average Bonchev–Trinajstić information content (AvgIpc) is 2.82. The quantitative estimate of drug-likeness (QED) is 0.856. The molecule has 1 N–H and O–H groups in total. The predicted octanol–water partition coefficient (Wildman–Crippen LogP) is 0.600. The fourth-order valence-corrected chi connectivity index (χ4v) is 2.38. The van der Waals surface area contributed by atoms with E-state index in [1.165, 1.54) is 0 Å². The van der Waals surface area contributed by atoms with Gasteiger partial charge < -0.3 is 14.8 Å². The summed E-state index contributed by atoms with van der Waals surface area (Å²) < 4.78 is 1.92. The number of fused-ring (bicyclic) bond motifs is 1. The Balaban J connectivity index is 1.77. The summed E-state index contributed by atoms with van der Waals surface area (Å²) in [6.45, 7) is 1.57. The Kier molecular flexibility index (Phi) is 2.95. The molecule has 1 aromatic heterocycles. The number of rotatable bonds is 2. The minimum absolute atomic E-state index is 0.0174. The second-order valence-corrected chi connectivity index (χ2v) is 4.67. The highest BCUT2D eigenvalue weighted by Crippen LogP contribution is 2.15. The number of para-hydroxylation sites is 1. The highest BCUT2D eigenvalue weighted by molar-refractivity contribution is 5.87. The number of nitrogens with zero attached hydrogens (tertiary/aromatic N) is 2. The van der Waals surface area contributed by atoms with E-state index in [0.717, 1.165) is 10.9 Å². The van der Waals surface area contributed by atoms with Crippen LogP contribution in [0.5, 0.6) is 0 Å². The van der Waals surface area contributed by atoms with Crippen molar-refractivity contribution in [3.05, 3.63) is 36.5 Å². The molecule has 19 heavy (non-hydrogen) atoms. The maximum Gasteiger partial charge on any atom is 0.243 e. The standard InChI is InChI=1S/C14H15N3O2/c18-13-9-17(8-6-15-13)14(19)10-16-7-5-11-3-1-2-4-12(11)16/h1-5,7H,6,8-10H2,(H,15,18). The lowest BCUT2D eigenvalue weighted by Gasteiger charge is -2.26. The van der Waals surface area contributed by atoms with Gasteiger partial charge in [-0.05, 0) is 17.5 Å². The molecule has 2 aromatic rings. The summed E-state index contributed by atoms with van der Waals surface area (Å²) >= 11 is 0. The van der Waals surface area contributed by atoms with Gasteiger partial charge in [-0.15, -0.1) is 0 Å². The van der Waals surface area contributed by atoms with E-state index in [-0.39, 0.29) is 24.9 Å². The van der Waals surface area contributed by atoms with E-state index >= 15 is 0 Å². The molecule has 0 aliphatic carbocycles. The van der Waals surface area contributed by atoms with Crippen molar-refractivity contribution in [1.29, 1.82) is 0 Å². The van der Waals surface area contributed by atoms with Crippen LogP contribution >= 0.6 is 0 Å². The third-order valence-corrected chi connectivity index (χ3v) is 3.38. The first-order valence-corrected chi connectivity index (χ1v) is 6.32. The van der Waals surface area contributed by atoms with Gasteiger partial charge in [0.25, 0.3) is 0 Å². The molecule has 1 aromatic carbocycles.